The first kappa shape index (κ1) is 46.6. The molecule has 0 radical (unpaired) electrons. The average Bonchev–Trinajstić information content (AvgIpc) is 3.20. The number of hydrogen-bond acceptors (Lipinski definition) is 14. The standard InChI is InChI=1S/C40H66O14P2/c1-29(35(41)49-31-19-9-5-10-20-31)47-39(37(43)51-33-23-13-7-14-24-33)53-55(45)27-17-3-4-18-28-56(46)54-40(38(44)52-34-25-15-8-16-26-34)48-30(2)36(42)50-32-21-11-6-12-22-32/h29-34,39-40H,3-28H2,1-2H3/q+2. The Balaban J connectivity index is 1.19. The molecule has 0 spiro atoms. The lowest BCUT2D eigenvalue weighted by atomic mass is 9.98. The van der Waals surface area contributed by atoms with Gasteiger partial charge in [-0.05, 0) is 151 Å². The molecule has 0 amide bonds. The van der Waals surface area contributed by atoms with Crippen LogP contribution in [-0.2, 0) is 65.8 Å². The van der Waals surface area contributed by atoms with Gasteiger partial charge in [-0.3, -0.25) is 0 Å². The van der Waals surface area contributed by atoms with Gasteiger partial charge in [-0.15, -0.1) is 9.05 Å². The normalized spacial score (nSPS) is 21.9. The van der Waals surface area contributed by atoms with E-state index in [1.807, 2.05) is 0 Å². The molecule has 6 atom stereocenters. The molecule has 4 aliphatic rings. The van der Waals surface area contributed by atoms with Gasteiger partial charge in [0, 0.05) is 0 Å². The van der Waals surface area contributed by atoms with Gasteiger partial charge in [-0.1, -0.05) is 25.7 Å². The quantitative estimate of drug-likeness (QED) is 0.0313. The number of hydrogen-bond donors (Lipinski definition) is 0. The summed E-state index contributed by atoms with van der Waals surface area (Å²) in [7, 11) is -4.68. The van der Waals surface area contributed by atoms with E-state index in [1.54, 1.807) is 0 Å². The van der Waals surface area contributed by atoms with Gasteiger partial charge in [0.05, 0.1) is 0 Å². The van der Waals surface area contributed by atoms with Crippen LogP contribution in [0.5, 0.6) is 0 Å². The minimum absolute atomic E-state index is 0.132. The third kappa shape index (κ3) is 17.8. The molecule has 6 unspecified atom stereocenters. The predicted octanol–water partition coefficient (Wildman–Crippen LogP) is 9.03. The van der Waals surface area contributed by atoms with E-state index in [9.17, 15) is 28.3 Å². The molecule has 4 saturated carbocycles. The van der Waals surface area contributed by atoms with Gasteiger partial charge in [0.15, 0.2) is 24.5 Å². The van der Waals surface area contributed by atoms with Crippen LogP contribution in [0.4, 0.5) is 0 Å². The van der Waals surface area contributed by atoms with Crippen LogP contribution in [0.1, 0.15) is 168 Å². The Bertz CT molecular complexity index is 1150. The molecular weight excluding hydrogens is 766 g/mol. The molecule has 318 valence electrons. The molecule has 0 aliphatic heterocycles. The number of carbonyl (C=O) groups excluding carboxylic acids is 4. The van der Waals surface area contributed by atoms with Crippen molar-refractivity contribution in [2.45, 2.75) is 217 Å². The van der Waals surface area contributed by atoms with Crippen LogP contribution in [0.25, 0.3) is 0 Å². The monoisotopic (exact) mass is 832 g/mol. The molecule has 0 aromatic rings. The maximum absolute atomic E-state index is 13.1. The molecular formula is C40H66O14P2+2. The minimum atomic E-state index is -2.34. The lowest BCUT2D eigenvalue weighted by molar-refractivity contribution is -0.199. The molecule has 4 rings (SSSR count). The molecule has 0 N–H and O–H groups in total. The Kier molecular flexibility index (Phi) is 21.7. The smallest absolute Gasteiger partial charge is 0.460 e. The summed E-state index contributed by atoms with van der Waals surface area (Å²) in [5.41, 5.74) is 0. The molecule has 0 heterocycles. The third-order valence-electron chi connectivity index (χ3n) is 10.9. The van der Waals surface area contributed by atoms with E-state index in [1.165, 1.54) is 13.8 Å². The maximum atomic E-state index is 13.1. The van der Waals surface area contributed by atoms with E-state index >= 15 is 0 Å². The zero-order chi connectivity index (χ0) is 40.1. The molecule has 0 aromatic carbocycles. The van der Waals surface area contributed by atoms with Crippen LogP contribution in [0, 0.1) is 0 Å². The molecule has 16 heteroatoms. The van der Waals surface area contributed by atoms with E-state index < -0.39 is 64.7 Å². The Morgan fingerprint density at radius 1 is 0.429 bits per heavy atom. The maximum Gasteiger partial charge on any atom is 0.511 e. The summed E-state index contributed by atoms with van der Waals surface area (Å²) in [5.74, 6) is -2.80. The van der Waals surface area contributed by atoms with Crippen LogP contribution in [0.3, 0.4) is 0 Å². The molecule has 0 saturated heterocycles. The van der Waals surface area contributed by atoms with Crippen molar-refractivity contribution in [3.8, 4) is 0 Å². The summed E-state index contributed by atoms with van der Waals surface area (Å²) in [4.78, 5) is 51.8. The van der Waals surface area contributed by atoms with E-state index in [4.69, 9.17) is 37.5 Å². The summed E-state index contributed by atoms with van der Waals surface area (Å²) in [6.45, 7) is 2.97. The molecule has 56 heavy (non-hydrogen) atoms. The van der Waals surface area contributed by atoms with Gasteiger partial charge in [0.25, 0.3) is 0 Å². The second-order valence-corrected chi connectivity index (χ2v) is 18.4. The highest BCUT2D eigenvalue weighted by molar-refractivity contribution is 7.39. The van der Waals surface area contributed by atoms with E-state index in [2.05, 4.69) is 0 Å². The van der Waals surface area contributed by atoms with Crippen molar-refractivity contribution in [3.05, 3.63) is 0 Å². The number of carbonyl (C=O) groups is 4. The van der Waals surface area contributed by atoms with E-state index in [0.717, 1.165) is 128 Å². The molecule has 4 fully saturated rings. The molecule has 0 aromatic heterocycles. The van der Waals surface area contributed by atoms with Gasteiger partial charge < -0.3 is 28.4 Å². The Morgan fingerprint density at radius 2 is 0.696 bits per heavy atom. The van der Waals surface area contributed by atoms with Crippen LogP contribution >= 0.6 is 16.1 Å². The zero-order valence-corrected chi connectivity index (χ0v) is 35.4. The third-order valence-corrected chi connectivity index (χ3v) is 13.1. The lowest BCUT2D eigenvalue weighted by Gasteiger charge is -2.25. The van der Waals surface area contributed by atoms with Gasteiger partial charge in [0.1, 0.15) is 24.4 Å². The van der Waals surface area contributed by atoms with Gasteiger partial charge in [0.2, 0.25) is 0 Å². The lowest BCUT2D eigenvalue weighted by Crippen LogP contribution is -2.38. The first-order valence-electron chi connectivity index (χ1n) is 21.4. The summed E-state index contributed by atoms with van der Waals surface area (Å²) < 4.78 is 71.0. The van der Waals surface area contributed by atoms with Gasteiger partial charge in [-0.2, -0.15) is 0 Å². The summed E-state index contributed by atoms with van der Waals surface area (Å²) >= 11 is 0. The molecule has 4 aliphatic carbocycles. The van der Waals surface area contributed by atoms with Gasteiger partial charge in [-0.25, -0.2) is 19.2 Å². The fraction of sp³-hybridized carbons (Fsp3) is 0.900. The zero-order valence-electron chi connectivity index (χ0n) is 33.6. The van der Waals surface area contributed by atoms with Crippen molar-refractivity contribution in [1.82, 2.24) is 0 Å². The predicted molar refractivity (Wildman–Crippen MR) is 206 cm³/mol. The summed E-state index contributed by atoms with van der Waals surface area (Å²) in [6.07, 6.45) is 14.2. The highest BCUT2D eigenvalue weighted by atomic mass is 31.1. The number of unbranched alkanes of at least 4 members (excludes halogenated alkanes) is 3. The summed E-state index contributed by atoms with van der Waals surface area (Å²) in [6, 6.07) is 0. The number of ether oxygens (including phenoxy) is 6. The second-order valence-electron chi connectivity index (χ2n) is 15.7. The highest BCUT2D eigenvalue weighted by Crippen LogP contribution is 2.32. The van der Waals surface area contributed by atoms with Crippen molar-refractivity contribution in [2.24, 2.45) is 0 Å². The van der Waals surface area contributed by atoms with Crippen molar-refractivity contribution < 1.29 is 65.8 Å². The number of esters is 4. The molecule has 14 nitrogen and oxygen atoms in total. The van der Waals surface area contributed by atoms with Crippen molar-refractivity contribution >= 4 is 39.9 Å². The summed E-state index contributed by atoms with van der Waals surface area (Å²) in [5, 5.41) is 0. The van der Waals surface area contributed by atoms with Crippen LogP contribution in [0.15, 0.2) is 0 Å². The van der Waals surface area contributed by atoms with E-state index in [-0.39, 0.29) is 36.7 Å². The van der Waals surface area contributed by atoms with Gasteiger partial charge >= 0.3 is 52.5 Å². The highest BCUT2D eigenvalue weighted by Gasteiger charge is 2.39. The van der Waals surface area contributed by atoms with Crippen LogP contribution in [0.2, 0.25) is 0 Å². The Labute approximate surface area is 334 Å². The Hall–Kier alpha value is -2.08. The topological polar surface area (TPSA) is 176 Å². The fourth-order valence-electron chi connectivity index (χ4n) is 7.57. The van der Waals surface area contributed by atoms with Crippen molar-refractivity contribution in [1.29, 1.82) is 0 Å². The second kappa shape index (κ2) is 26.1. The van der Waals surface area contributed by atoms with Crippen molar-refractivity contribution in [2.75, 3.05) is 12.3 Å². The Morgan fingerprint density at radius 3 is 0.982 bits per heavy atom. The minimum Gasteiger partial charge on any atom is -0.460 e. The fourth-order valence-corrected chi connectivity index (χ4v) is 9.45. The van der Waals surface area contributed by atoms with Crippen LogP contribution < -0.4 is 0 Å². The van der Waals surface area contributed by atoms with E-state index in [0.29, 0.717) is 25.7 Å². The molecule has 0 bridgehead atoms. The SMILES string of the molecule is CC(OC(O[P+](=O)CCCCCC[P+](=O)OC(OC(C)C(=O)OC1CCCCC1)C(=O)OC1CCCCC1)C(=O)OC1CCCCC1)C(=O)OC1CCCCC1. The largest absolute Gasteiger partial charge is 0.511 e. The first-order valence-corrected chi connectivity index (χ1v) is 24.2. The average molecular weight is 833 g/mol. The van der Waals surface area contributed by atoms with Crippen molar-refractivity contribution in [3.63, 3.8) is 0 Å². The first-order chi connectivity index (χ1) is 27.1. The van der Waals surface area contributed by atoms with Crippen LogP contribution in [-0.4, -0.2) is 85.4 Å². The number of rotatable bonds is 23.